The van der Waals surface area contributed by atoms with E-state index in [1.807, 2.05) is 43.0 Å². The third-order valence-electron chi connectivity index (χ3n) is 6.48. The molecule has 1 fully saturated rings. The largest absolute Gasteiger partial charge is 0.490 e. The van der Waals surface area contributed by atoms with Crippen LogP contribution >= 0.6 is 0 Å². The second kappa shape index (κ2) is 8.64. The Kier molecular flexibility index (Phi) is 6.06. The summed E-state index contributed by atoms with van der Waals surface area (Å²) in [6, 6.07) is 12.6. The van der Waals surface area contributed by atoms with Gasteiger partial charge >= 0.3 is 7.12 Å². The van der Waals surface area contributed by atoms with E-state index in [1.54, 1.807) is 18.2 Å². The number of anilines is 3. The molecule has 2 heterocycles. The van der Waals surface area contributed by atoms with Gasteiger partial charge < -0.3 is 24.3 Å². The molecule has 6 nitrogen and oxygen atoms in total. The van der Waals surface area contributed by atoms with Crippen LogP contribution in [0.25, 0.3) is 11.0 Å². The Balaban J connectivity index is 1.87. The minimum absolute atomic E-state index is 0.0671. The predicted molar refractivity (Wildman–Crippen MR) is 131 cm³/mol. The topological polar surface area (TPSA) is 77.2 Å². The van der Waals surface area contributed by atoms with E-state index in [2.05, 4.69) is 18.7 Å². The predicted octanol–water partition coefficient (Wildman–Crippen LogP) is 3.57. The minimum atomic E-state index is -1.60. The number of aryl methyl sites for hydroxylation is 1. The van der Waals surface area contributed by atoms with Gasteiger partial charge in [-0.15, -0.1) is 0 Å². The molecule has 3 aromatic rings. The molecule has 168 valence electrons. The van der Waals surface area contributed by atoms with Crippen molar-refractivity contribution in [3.63, 3.8) is 0 Å². The summed E-state index contributed by atoms with van der Waals surface area (Å²) in [5.41, 5.74) is 3.50. The van der Waals surface area contributed by atoms with E-state index in [0.29, 0.717) is 40.0 Å². The van der Waals surface area contributed by atoms with Crippen LogP contribution in [-0.4, -0.2) is 36.8 Å². The van der Waals surface area contributed by atoms with Crippen molar-refractivity contribution >= 4 is 40.8 Å². The molecule has 1 aliphatic heterocycles. The molecule has 1 aromatic heterocycles. The standard InChI is InChI=1S/C25H31BN2O4/c1-5-28(20-9-7-6-8-19(20)26(30)31)21-15-17(2)14-18-22(29)16-23(32-24(18)21)27-12-10-25(3,4)11-13-27/h6-9,14-16,30-31H,5,10-13H2,1-4H3. The van der Waals surface area contributed by atoms with Crippen LogP contribution in [0.15, 0.2) is 51.7 Å². The second-order valence-electron chi connectivity index (χ2n) is 9.44. The lowest BCUT2D eigenvalue weighted by Gasteiger charge is -2.37. The van der Waals surface area contributed by atoms with Crippen molar-refractivity contribution in [2.75, 3.05) is 29.4 Å². The van der Waals surface area contributed by atoms with E-state index in [0.717, 1.165) is 37.2 Å². The van der Waals surface area contributed by atoms with Gasteiger partial charge in [0.2, 0.25) is 0 Å². The Hall–Kier alpha value is -2.77. The summed E-state index contributed by atoms with van der Waals surface area (Å²) in [5, 5.41) is 20.4. The molecule has 0 unspecified atom stereocenters. The summed E-state index contributed by atoms with van der Waals surface area (Å²) in [7, 11) is -1.60. The lowest BCUT2D eigenvalue weighted by atomic mass is 9.78. The Morgan fingerprint density at radius 1 is 1.09 bits per heavy atom. The van der Waals surface area contributed by atoms with E-state index in [4.69, 9.17) is 4.42 Å². The Morgan fingerprint density at radius 3 is 2.44 bits per heavy atom. The SMILES string of the molecule is CCN(c1ccccc1B(O)O)c1cc(C)cc2c(=O)cc(N3CCC(C)(C)CC3)oc12. The molecule has 0 atom stereocenters. The monoisotopic (exact) mass is 434 g/mol. The van der Waals surface area contributed by atoms with Crippen LogP contribution in [0.2, 0.25) is 0 Å². The van der Waals surface area contributed by atoms with Crippen molar-refractivity contribution in [1.29, 1.82) is 0 Å². The average molecular weight is 434 g/mol. The molecule has 0 aliphatic carbocycles. The molecule has 4 rings (SSSR count). The molecule has 2 aromatic carbocycles. The normalized spacial score (nSPS) is 15.8. The number of hydrogen-bond donors (Lipinski definition) is 2. The zero-order chi connectivity index (χ0) is 23.0. The number of para-hydroxylation sites is 1. The van der Waals surface area contributed by atoms with Crippen molar-refractivity contribution in [3.8, 4) is 0 Å². The fourth-order valence-corrected chi connectivity index (χ4v) is 4.48. The highest BCUT2D eigenvalue weighted by Crippen LogP contribution is 2.36. The van der Waals surface area contributed by atoms with Crippen LogP contribution in [0.5, 0.6) is 0 Å². The quantitative estimate of drug-likeness (QED) is 0.598. The first kappa shape index (κ1) is 22.4. The molecule has 0 radical (unpaired) electrons. The van der Waals surface area contributed by atoms with E-state index < -0.39 is 7.12 Å². The average Bonchev–Trinajstić information content (AvgIpc) is 2.75. The molecular weight excluding hydrogens is 403 g/mol. The van der Waals surface area contributed by atoms with Gasteiger partial charge in [0.1, 0.15) is 0 Å². The molecule has 7 heteroatoms. The maximum Gasteiger partial charge on any atom is 0.490 e. The van der Waals surface area contributed by atoms with Gasteiger partial charge in [0.25, 0.3) is 0 Å². The molecule has 0 amide bonds. The van der Waals surface area contributed by atoms with Gasteiger partial charge in [0.05, 0.1) is 11.1 Å². The number of nitrogens with zero attached hydrogens (tertiary/aromatic N) is 2. The maximum absolute atomic E-state index is 13.1. The molecule has 0 spiro atoms. The van der Waals surface area contributed by atoms with Crippen molar-refractivity contribution in [2.24, 2.45) is 5.41 Å². The van der Waals surface area contributed by atoms with Crippen LogP contribution in [0.4, 0.5) is 17.3 Å². The van der Waals surface area contributed by atoms with Crippen LogP contribution in [0.3, 0.4) is 0 Å². The van der Waals surface area contributed by atoms with Crippen LogP contribution in [-0.2, 0) is 0 Å². The van der Waals surface area contributed by atoms with Crippen LogP contribution in [0, 0.1) is 12.3 Å². The number of benzene rings is 2. The third kappa shape index (κ3) is 4.27. The highest BCUT2D eigenvalue weighted by Gasteiger charge is 2.28. The lowest BCUT2D eigenvalue weighted by molar-refractivity contribution is 0.274. The first-order valence-electron chi connectivity index (χ1n) is 11.3. The molecule has 1 saturated heterocycles. The highest BCUT2D eigenvalue weighted by atomic mass is 16.4. The summed E-state index contributed by atoms with van der Waals surface area (Å²) in [4.78, 5) is 17.2. The summed E-state index contributed by atoms with van der Waals surface area (Å²) >= 11 is 0. The summed E-state index contributed by atoms with van der Waals surface area (Å²) < 4.78 is 6.40. The third-order valence-corrected chi connectivity index (χ3v) is 6.48. The maximum atomic E-state index is 13.1. The smallest absolute Gasteiger partial charge is 0.438 e. The number of rotatable bonds is 5. The first-order chi connectivity index (χ1) is 15.2. The summed E-state index contributed by atoms with van der Waals surface area (Å²) in [5.74, 6) is 0.592. The molecule has 32 heavy (non-hydrogen) atoms. The van der Waals surface area contributed by atoms with Gasteiger partial charge in [-0.1, -0.05) is 32.0 Å². The number of hydrogen-bond acceptors (Lipinski definition) is 6. The van der Waals surface area contributed by atoms with Crippen molar-refractivity contribution in [3.05, 3.63) is 58.3 Å². The van der Waals surface area contributed by atoms with Crippen LogP contribution < -0.4 is 20.7 Å². The van der Waals surface area contributed by atoms with Gasteiger partial charge in [0.15, 0.2) is 16.9 Å². The van der Waals surface area contributed by atoms with E-state index in [1.165, 1.54) is 0 Å². The van der Waals surface area contributed by atoms with Gasteiger partial charge in [0, 0.05) is 36.9 Å². The van der Waals surface area contributed by atoms with Crippen molar-refractivity contribution in [1.82, 2.24) is 0 Å². The van der Waals surface area contributed by atoms with Gasteiger partial charge in [-0.2, -0.15) is 0 Å². The summed E-state index contributed by atoms with van der Waals surface area (Å²) in [6.45, 7) is 10.7. The van der Waals surface area contributed by atoms with Crippen LogP contribution in [0.1, 0.15) is 39.2 Å². The fourth-order valence-electron chi connectivity index (χ4n) is 4.48. The Labute approximate surface area is 189 Å². The van der Waals surface area contributed by atoms with Gasteiger partial charge in [-0.3, -0.25) is 4.79 Å². The molecular formula is C25H31BN2O4. The minimum Gasteiger partial charge on any atom is -0.438 e. The zero-order valence-corrected chi connectivity index (χ0v) is 19.3. The molecule has 0 saturated carbocycles. The lowest BCUT2D eigenvalue weighted by Crippen LogP contribution is -2.37. The number of fused-ring (bicyclic) bond motifs is 1. The number of piperidine rings is 1. The van der Waals surface area contributed by atoms with Gasteiger partial charge in [-0.25, -0.2) is 0 Å². The summed E-state index contributed by atoms with van der Waals surface area (Å²) in [6.07, 6.45) is 2.08. The highest BCUT2D eigenvalue weighted by molar-refractivity contribution is 6.60. The van der Waals surface area contributed by atoms with Crippen molar-refractivity contribution < 1.29 is 14.5 Å². The first-order valence-corrected chi connectivity index (χ1v) is 11.3. The Bertz CT molecular complexity index is 1180. The second-order valence-corrected chi connectivity index (χ2v) is 9.44. The van der Waals surface area contributed by atoms with E-state index >= 15 is 0 Å². The molecule has 0 bridgehead atoms. The molecule has 1 aliphatic rings. The Morgan fingerprint density at radius 2 is 1.78 bits per heavy atom. The van der Waals surface area contributed by atoms with Gasteiger partial charge in [-0.05, 0) is 55.9 Å². The van der Waals surface area contributed by atoms with E-state index in [-0.39, 0.29) is 5.43 Å². The van der Waals surface area contributed by atoms with Crippen molar-refractivity contribution in [2.45, 2.75) is 40.5 Å². The molecule has 2 N–H and O–H groups in total. The van der Waals surface area contributed by atoms with E-state index in [9.17, 15) is 14.8 Å². The zero-order valence-electron chi connectivity index (χ0n) is 19.3. The fraction of sp³-hybridized carbons (Fsp3) is 0.400.